The molecule has 0 spiro atoms. The van der Waals surface area contributed by atoms with Gasteiger partial charge in [0.15, 0.2) is 14.1 Å². The zero-order valence-electron chi connectivity index (χ0n) is 20.7. The normalized spacial score (nSPS) is 24.0. The number of carbonyl (C=O) groups is 2. The van der Waals surface area contributed by atoms with E-state index in [0.717, 1.165) is 0 Å². The van der Waals surface area contributed by atoms with Gasteiger partial charge in [0.05, 0.1) is 18.1 Å². The average Bonchev–Trinajstić information content (AvgIpc) is 2.90. The second-order valence-electron chi connectivity index (χ2n) is 10.9. The lowest BCUT2D eigenvalue weighted by molar-refractivity contribution is -0.202. The lowest BCUT2D eigenvalue weighted by atomic mass is 9.97. The Morgan fingerprint density at radius 2 is 1.66 bits per heavy atom. The van der Waals surface area contributed by atoms with Crippen LogP contribution < -0.4 is 0 Å². The van der Waals surface area contributed by atoms with Crippen LogP contribution in [0.3, 0.4) is 0 Å². The maximum absolute atomic E-state index is 13.7. The number of Topliss-reactive ketones (excluding diaryl/α,β-unsaturated/α-hetero) is 1. The Balaban J connectivity index is 2.78. The van der Waals surface area contributed by atoms with Crippen LogP contribution in [0.5, 0.6) is 0 Å². The fourth-order valence-electron chi connectivity index (χ4n) is 3.03. The predicted octanol–water partition coefficient (Wildman–Crippen LogP) is 5.05. The van der Waals surface area contributed by atoms with Crippen molar-refractivity contribution in [1.82, 2.24) is 0 Å². The van der Waals surface area contributed by atoms with Crippen molar-refractivity contribution < 1.29 is 41.4 Å². The molecule has 4 atom stereocenters. The van der Waals surface area contributed by atoms with Crippen molar-refractivity contribution in [2.45, 2.75) is 110 Å². The molecule has 1 unspecified atom stereocenters. The molecule has 0 radical (unpaired) electrons. The van der Waals surface area contributed by atoms with E-state index in [1.54, 1.807) is 33.9 Å². The third-order valence-corrected chi connectivity index (χ3v) is 10.6. The Bertz CT molecular complexity index is 652. The average molecular weight is 485 g/mol. The Morgan fingerprint density at radius 3 is 2.09 bits per heavy atom. The molecule has 0 N–H and O–H groups in total. The van der Waals surface area contributed by atoms with Crippen LogP contribution in [0.15, 0.2) is 0 Å². The fraction of sp³-hybridized carbons (Fsp3) is 0.909. The molecule has 1 aliphatic heterocycles. The summed E-state index contributed by atoms with van der Waals surface area (Å²) in [4.78, 5) is 24.5. The van der Waals surface area contributed by atoms with E-state index in [2.05, 4.69) is 0 Å². The van der Waals surface area contributed by atoms with Gasteiger partial charge in [0, 0.05) is 13.5 Å². The summed E-state index contributed by atoms with van der Waals surface area (Å²) in [6.45, 7) is 14.3. The molecule has 0 aromatic rings. The molecule has 10 heteroatoms. The molecule has 1 fully saturated rings. The second-order valence-corrected chi connectivity index (χ2v) is 15.6. The standard InChI is InChI=1S/C22H39F3O6Si/c1-20(2,3)19(27)29-13-12-14-17(26)18(28-7)15(30-14)10-11-16(22(23,24)25)31-32(8,9)21(4,5)6/h14-16,18H,10-13H2,1-9H3/t14-,15+,16?,18-/m0/s1. The van der Waals surface area contributed by atoms with Gasteiger partial charge in [0.1, 0.15) is 18.3 Å². The monoisotopic (exact) mass is 484 g/mol. The van der Waals surface area contributed by atoms with Crippen molar-refractivity contribution >= 4 is 20.1 Å². The summed E-state index contributed by atoms with van der Waals surface area (Å²) in [6.07, 6.45) is -9.37. The summed E-state index contributed by atoms with van der Waals surface area (Å²) < 4.78 is 62.9. The highest BCUT2D eigenvalue weighted by Gasteiger charge is 2.49. The number of rotatable bonds is 9. The van der Waals surface area contributed by atoms with E-state index in [0.29, 0.717) is 0 Å². The third kappa shape index (κ3) is 7.81. The Labute approximate surface area is 190 Å². The summed E-state index contributed by atoms with van der Waals surface area (Å²) >= 11 is 0. The van der Waals surface area contributed by atoms with Crippen molar-refractivity contribution in [2.24, 2.45) is 5.41 Å². The van der Waals surface area contributed by atoms with Crippen molar-refractivity contribution in [3.63, 3.8) is 0 Å². The van der Waals surface area contributed by atoms with E-state index in [4.69, 9.17) is 18.6 Å². The Hall–Kier alpha value is -0.973. The maximum Gasteiger partial charge on any atom is 0.413 e. The zero-order chi connectivity index (χ0) is 25.1. The Kier molecular flexibility index (Phi) is 9.56. The van der Waals surface area contributed by atoms with E-state index in [9.17, 15) is 22.8 Å². The van der Waals surface area contributed by atoms with Gasteiger partial charge in [-0.05, 0) is 51.7 Å². The number of carbonyl (C=O) groups excluding carboxylic acids is 2. The summed E-state index contributed by atoms with van der Waals surface area (Å²) in [5.74, 6) is -0.753. The van der Waals surface area contributed by atoms with Gasteiger partial charge in [-0.25, -0.2) is 0 Å². The molecule has 0 aliphatic carbocycles. The fourth-order valence-corrected chi connectivity index (χ4v) is 4.34. The third-order valence-electron chi connectivity index (χ3n) is 6.08. The SMILES string of the molecule is CO[C@@H]1C(=O)[C@H](CCOC(=O)C(C)(C)C)O[C@@H]1CCC(O[Si](C)(C)C(C)(C)C)C(F)(F)F. The first kappa shape index (κ1) is 29.1. The quantitative estimate of drug-likeness (QED) is 0.337. The van der Waals surface area contributed by atoms with Crippen LogP contribution in [0.25, 0.3) is 0 Å². The minimum absolute atomic E-state index is 0.0185. The minimum Gasteiger partial charge on any atom is -0.465 e. The van der Waals surface area contributed by atoms with Crippen molar-refractivity contribution in [3.05, 3.63) is 0 Å². The van der Waals surface area contributed by atoms with Crippen LogP contribution in [0.2, 0.25) is 18.1 Å². The van der Waals surface area contributed by atoms with Gasteiger partial charge in [0.2, 0.25) is 0 Å². The first-order chi connectivity index (χ1) is 14.3. The van der Waals surface area contributed by atoms with Crippen molar-refractivity contribution in [1.29, 1.82) is 0 Å². The van der Waals surface area contributed by atoms with Crippen LogP contribution in [-0.4, -0.2) is 64.4 Å². The first-order valence-electron chi connectivity index (χ1n) is 10.9. The number of ether oxygens (including phenoxy) is 3. The van der Waals surface area contributed by atoms with Gasteiger partial charge in [-0.3, -0.25) is 9.59 Å². The van der Waals surface area contributed by atoms with Crippen LogP contribution >= 0.6 is 0 Å². The molecule has 188 valence electrons. The molecule has 0 bridgehead atoms. The lowest BCUT2D eigenvalue weighted by Gasteiger charge is -2.40. The number of esters is 1. The molecule has 0 amide bonds. The maximum atomic E-state index is 13.7. The summed E-state index contributed by atoms with van der Waals surface area (Å²) in [5.41, 5.74) is -0.672. The molecule has 1 aliphatic rings. The lowest BCUT2D eigenvalue weighted by Crippen LogP contribution is -2.48. The van der Waals surface area contributed by atoms with Gasteiger partial charge in [0.25, 0.3) is 0 Å². The Morgan fingerprint density at radius 1 is 1.09 bits per heavy atom. The van der Waals surface area contributed by atoms with Gasteiger partial charge < -0.3 is 18.6 Å². The van der Waals surface area contributed by atoms with Crippen LogP contribution in [0.1, 0.15) is 60.8 Å². The number of methoxy groups -OCH3 is 1. The molecule has 6 nitrogen and oxygen atoms in total. The molecular weight excluding hydrogens is 445 g/mol. The van der Waals surface area contributed by atoms with E-state index in [1.165, 1.54) is 7.11 Å². The smallest absolute Gasteiger partial charge is 0.413 e. The van der Waals surface area contributed by atoms with Gasteiger partial charge in [-0.2, -0.15) is 13.2 Å². The number of hydrogen-bond acceptors (Lipinski definition) is 6. The number of alkyl halides is 3. The van der Waals surface area contributed by atoms with Crippen molar-refractivity contribution in [3.8, 4) is 0 Å². The second kappa shape index (κ2) is 10.5. The molecule has 32 heavy (non-hydrogen) atoms. The highest BCUT2D eigenvalue weighted by molar-refractivity contribution is 6.74. The van der Waals surface area contributed by atoms with Crippen LogP contribution in [-0.2, 0) is 28.2 Å². The predicted molar refractivity (Wildman–Crippen MR) is 117 cm³/mol. The summed E-state index contributed by atoms with van der Waals surface area (Å²) in [7, 11) is -1.33. The topological polar surface area (TPSA) is 71.1 Å². The molecule has 1 rings (SSSR count). The van der Waals surface area contributed by atoms with Gasteiger partial charge in [-0.1, -0.05) is 20.8 Å². The summed E-state index contributed by atoms with van der Waals surface area (Å²) in [6, 6.07) is 0. The molecule has 1 heterocycles. The molecular formula is C22H39F3O6Si. The zero-order valence-corrected chi connectivity index (χ0v) is 21.7. The first-order valence-corrected chi connectivity index (χ1v) is 13.9. The highest BCUT2D eigenvalue weighted by Crippen LogP contribution is 2.41. The molecule has 0 aromatic heterocycles. The van der Waals surface area contributed by atoms with Gasteiger partial charge >= 0.3 is 12.1 Å². The van der Waals surface area contributed by atoms with Crippen LogP contribution in [0.4, 0.5) is 13.2 Å². The number of hydrogen-bond donors (Lipinski definition) is 0. The molecule has 0 aromatic carbocycles. The highest BCUT2D eigenvalue weighted by atomic mass is 28.4. The van der Waals surface area contributed by atoms with Crippen LogP contribution in [0, 0.1) is 5.41 Å². The largest absolute Gasteiger partial charge is 0.465 e. The molecule has 1 saturated heterocycles. The van der Waals surface area contributed by atoms with E-state index >= 15 is 0 Å². The van der Waals surface area contributed by atoms with E-state index in [-0.39, 0.29) is 36.7 Å². The summed E-state index contributed by atoms with van der Waals surface area (Å²) in [5, 5.41) is -0.374. The van der Waals surface area contributed by atoms with E-state index < -0.39 is 50.3 Å². The van der Waals surface area contributed by atoms with Crippen molar-refractivity contribution in [2.75, 3.05) is 13.7 Å². The molecule has 0 saturated carbocycles. The van der Waals surface area contributed by atoms with Gasteiger partial charge in [-0.15, -0.1) is 0 Å². The minimum atomic E-state index is -4.53. The number of ketones is 1. The van der Waals surface area contributed by atoms with E-state index in [1.807, 2.05) is 20.8 Å². The number of halogens is 3.